The lowest BCUT2D eigenvalue weighted by Gasteiger charge is -2.11. The summed E-state index contributed by atoms with van der Waals surface area (Å²) >= 11 is 2.09. The Morgan fingerprint density at radius 1 is 1.17 bits per heavy atom. The van der Waals surface area contributed by atoms with E-state index >= 15 is 0 Å². The van der Waals surface area contributed by atoms with Gasteiger partial charge in [-0.3, -0.25) is 0 Å². The molecule has 0 saturated heterocycles. The van der Waals surface area contributed by atoms with Gasteiger partial charge < -0.3 is 19.7 Å². The Morgan fingerprint density at radius 2 is 1.88 bits per heavy atom. The number of hydrogen-bond acceptors (Lipinski definition) is 5. The molecule has 0 aliphatic heterocycles. The molecule has 7 heteroatoms. The Hall–Kier alpha value is -2.29. The van der Waals surface area contributed by atoms with E-state index in [4.69, 9.17) is 14.6 Å². The molecule has 0 spiro atoms. The van der Waals surface area contributed by atoms with Gasteiger partial charge in [-0.05, 0) is 65.8 Å². The summed E-state index contributed by atoms with van der Waals surface area (Å²) in [6.45, 7) is 3.44. The number of halogens is 1. The Labute approximate surface area is 152 Å². The largest absolute Gasteiger partial charge is 0.507 e. The second-order valence-corrected chi connectivity index (χ2v) is 6.30. The predicted molar refractivity (Wildman–Crippen MR) is 94.8 cm³/mol. The van der Waals surface area contributed by atoms with Crippen molar-refractivity contribution in [1.29, 1.82) is 0 Å². The summed E-state index contributed by atoms with van der Waals surface area (Å²) in [5.74, 6) is -1.62. The van der Waals surface area contributed by atoms with Crippen molar-refractivity contribution in [1.82, 2.24) is 0 Å². The number of carboxylic acid groups (broad SMARTS) is 1. The standard InChI is InChI=1S/C17H15IO6/c1-9-5-10(2)16(13(18)6-9)24-15(20)8-23-11-3-4-12(17(21)22)14(19)7-11/h3-7,19H,8H2,1-2H3,(H,21,22). The van der Waals surface area contributed by atoms with Crippen molar-refractivity contribution < 1.29 is 29.3 Å². The van der Waals surface area contributed by atoms with Gasteiger partial charge in [0, 0.05) is 6.07 Å². The van der Waals surface area contributed by atoms with Gasteiger partial charge in [0.2, 0.25) is 0 Å². The molecule has 0 aliphatic rings. The zero-order valence-electron chi connectivity index (χ0n) is 13.0. The first-order valence-corrected chi connectivity index (χ1v) is 8.02. The van der Waals surface area contributed by atoms with Crippen LogP contribution in [-0.2, 0) is 4.79 Å². The molecule has 126 valence electrons. The number of carbonyl (C=O) groups is 2. The van der Waals surface area contributed by atoms with Gasteiger partial charge in [0.1, 0.15) is 22.8 Å². The molecule has 0 heterocycles. The number of ether oxygens (including phenoxy) is 2. The minimum absolute atomic E-state index is 0.171. The van der Waals surface area contributed by atoms with Gasteiger partial charge in [-0.15, -0.1) is 0 Å². The number of hydrogen-bond donors (Lipinski definition) is 2. The SMILES string of the molecule is Cc1cc(C)c(OC(=O)COc2ccc(C(=O)O)c(O)c2)c(I)c1. The molecule has 0 radical (unpaired) electrons. The first-order valence-electron chi connectivity index (χ1n) is 6.94. The fraction of sp³-hybridized carbons (Fsp3) is 0.176. The minimum atomic E-state index is -1.25. The Balaban J connectivity index is 2.02. The number of benzene rings is 2. The van der Waals surface area contributed by atoms with Crippen LogP contribution in [0.5, 0.6) is 17.2 Å². The number of carbonyl (C=O) groups excluding carboxylic acids is 1. The zero-order valence-corrected chi connectivity index (χ0v) is 15.2. The first kappa shape index (κ1) is 18.1. The number of rotatable bonds is 5. The zero-order chi connectivity index (χ0) is 17.9. The number of phenols is 1. The molecule has 0 bridgehead atoms. The lowest BCUT2D eigenvalue weighted by atomic mass is 10.1. The van der Waals surface area contributed by atoms with Gasteiger partial charge in [-0.25, -0.2) is 9.59 Å². The van der Waals surface area contributed by atoms with Crippen molar-refractivity contribution in [3.63, 3.8) is 0 Å². The van der Waals surface area contributed by atoms with Crippen LogP contribution in [0.1, 0.15) is 21.5 Å². The Morgan fingerprint density at radius 3 is 2.46 bits per heavy atom. The van der Waals surface area contributed by atoms with Gasteiger partial charge in [-0.1, -0.05) is 6.07 Å². The molecule has 0 aliphatic carbocycles. The highest BCUT2D eigenvalue weighted by Gasteiger charge is 2.14. The van der Waals surface area contributed by atoms with Crippen LogP contribution in [0.4, 0.5) is 0 Å². The Bertz CT molecular complexity index is 777. The van der Waals surface area contributed by atoms with Crippen LogP contribution in [0.25, 0.3) is 0 Å². The van der Waals surface area contributed by atoms with Crippen LogP contribution < -0.4 is 9.47 Å². The highest BCUT2D eigenvalue weighted by molar-refractivity contribution is 14.1. The molecule has 0 saturated carbocycles. The number of esters is 1. The number of carboxylic acids is 1. The maximum absolute atomic E-state index is 11.9. The molecule has 2 N–H and O–H groups in total. The molecule has 2 aromatic rings. The lowest BCUT2D eigenvalue weighted by Crippen LogP contribution is -2.18. The fourth-order valence-electron chi connectivity index (χ4n) is 2.10. The van der Waals surface area contributed by atoms with Crippen molar-refractivity contribution >= 4 is 34.5 Å². The quantitative estimate of drug-likeness (QED) is 0.420. The van der Waals surface area contributed by atoms with E-state index in [9.17, 15) is 14.7 Å². The molecule has 24 heavy (non-hydrogen) atoms. The summed E-state index contributed by atoms with van der Waals surface area (Å²) in [5.41, 5.74) is 1.67. The molecule has 0 atom stereocenters. The smallest absolute Gasteiger partial charge is 0.349 e. The number of aromatic hydroxyl groups is 1. The van der Waals surface area contributed by atoms with Crippen LogP contribution >= 0.6 is 22.6 Å². The van der Waals surface area contributed by atoms with Gasteiger partial charge >= 0.3 is 11.9 Å². The van der Waals surface area contributed by atoms with Gasteiger partial charge in [-0.2, -0.15) is 0 Å². The summed E-state index contributed by atoms with van der Waals surface area (Å²) in [5, 5.41) is 18.4. The van der Waals surface area contributed by atoms with Crippen molar-refractivity contribution in [3.05, 3.63) is 50.6 Å². The molecule has 0 aromatic heterocycles. The van der Waals surface area contributed by atoms with E-state index in [1.807, 2.05) is 26.0 Å². The number of aromatic carboxylic acids is 1. The topological polar surface area (TPSA) is 93.1 Å². The predicted octanol–water partition coefficient (Wildman–Crippen LogP) is 3.30. The third-order valence-electron chi connectivity index (χ3n) is 3.15. The molecule has 2 rings (SSSR count). The second-order valence-electron chi connectivity index (χ2n) is 5.14. The van der Waals surface area contributed by atoms with Gasteiger partial charge in [0.25, 0.3) is 0 Å². The number of aryl methyl sites for hydroxylation is 2. The van der Waals surface area contributed by atoms with E-state index in [0.717, 1.165) is 20.8 Å². The van der Waals surface area contributed by atoms with Crippen molar-refractivity contribution in [2.45, 2.75) is 13.8 Å². The molecule has 6 nitrogen and oxygen atoms in total. The van der Waals surface area contributed by atoms with E-state index in [1.54, 1.807) is 0 Å². The average Bonchev–Trinajstić information content (AvgIpc) is 2.48. The van der Waals surface area contributed by atoms with E-state index in [-0.39, 0.29) is 17.9 Å². The highest BCUT2D eigenvalue weighted by Crippen LogP contribution is 2.27. The first-order chi connectivity index (χ1) is 11.3. The van der Waals surface area contributed by atoms with E-state index in [1.165, 1.54) is 12.1 Å². The molecule has 0 amide bonds. The molecular weight excluding hydrogens is 427 g/mol. The molecule has 2 aromatic carbocycles. The molecule has 0 fully saturated rings. The average molecular weight is 442 g/mol. The van der Waals surface area contributed by atoms with Crippen LogP contribution in [0.15, 0.2) is 30.3 Å². The normalized spacial score (nSPS) is 10.3. The summed E-state index contributed by atoms with van der Waals surface area (Å²) < 4.78 is 11.4. The third kappa shape index (κ3) is 4.38. The lowest BCUT2D eigenvalue weighted by molar-refractivity contribution is -0.136. The van der Waals surface area contributed by atoms with Crippen molar-refractivity contribution in [3.8, 4) is 17.2 Å². The molecular formula is C17H15IO6. The summed E-state index contributed by atoms with van der Waals surface area (Å²) in [6.07, 6.45) is 0. The van der Waals surface area contributed by atoms with Crippen LogP contribution in [0, 0.1) is 17.4 Å². The summed E-state index contributed by atoms with van der Waals surface area (Å²) in [4.78, 5) is 22.7. The van der Waals surface area contributed by atoms with Crippen LogP contribution in [0.2, 0.25) is 0 Å². The molecule has 0 unspecified atom stereocenters. The van der Waals surface area contributed by atoms with E-state index in [2.05, 4.69) is 22.6 Å². The monoisotopic (exact) mass is 442 g/mol. The summed E-state index contributed by atoms with van der Waals surface area (Å²) in [6, 6.07) is 7.51. The fourth-order valence-corrected chi connectivity index (χ4v) is 3.13. The summed E-state index contributed by atoms with van der Waals surface area (Å²) in [7, 11) is 0. The van der Waals surface area contributed by atoms with Crippen LogP contribution in [-0.4, -0.2) is 28.8 Å². The maximum atomic E-state index is 11.9. The second kappa shape index (κ2) is 7.52. The van der Waals surface area contributed by atoms with Crippen LogP contribution in [0.3, 0.4) is 0 Å². The van der Waals surface area contributed by atoms with E-state index < -0.39 is 17.7 Å². The third-order valence-corrected chi connectivity index (χ3v) is 3.95. The van der Waals surface area contributed by atoms with Crippen molar-refractivity contribution in [2.75, 3.05) is 6.61 Å². The highest BCUT2D eigenvalue weighted by atomic mass is 127. The van der Waals surface area contributed by atoms with Gasteiger partial charge in [0.15, 0.2) is 6.61 Å². The van der Waals surface area contributed by atoms with E-state index in [0.29, 0.717) is 5.75 Å². The van der Waals surface area contributed by atoms with Crippen molar-refractivity contribution in [2.24, 2.45) is 0 Å². The van der Waals surface area contributed by atoms with Gasteiger partial charge in [0.05, 0.1) is 3.57 Å². The minimum Gasteiger partial charge on any atom is -0.507 e. The maximum Gasteiger partial charge on any atom is 0.349 e. The Kier molecular flexibility index (Phi) is 5.66.